The van der Waals surface area contributed by atoms with Crippen LogP contribution < -0.4 is 14.2 Å². The van der Waals surface area contributed by atoms with Gasteiger partial charge in [-0.1, -0.05) is 23.5 Å². The van der Waals surface area contributed by atoms with Gasteiger partial charge in [0.05, 0.1) is 66.5 Å². The van der Waals surface area contributed by atoms with E-state index in [4.69, 9.17) is 43.0 Å². The molecule has 12 nitrogen and oxygen atoms in total. The molecule has 0 radical (unpaired) electrons. The van der Waals surface area contributed by atoms with Crippen molar-refractivity contribution in [1.82, 2.24) is 29.9 Å². The number of rotatable bonds is 10. The molecule has 2 aromatic carbocycles. The zero-order chi connectivity index (χ0) is 51.5. The molecule has 0 saturated heterocycles. The Kier molecular flexibility index (Phi) is 4.97. The van der Waals surface area contributed by atoms with Crippen LogP contribution in [0.1, 0.15) is 62.4 Å². The molecular formula is C33H35N7O5S2. The van der Waals surface area contributed by atoms with Crippen molar-refractivity contribution in [3.63, 3.8) is 0 Å². The van der Waals surface area contributed by atoms with Crippen LogP contribution >= 0.6 is 23.5 Å². The molecule has 4 aromatic heterocycles. The normalized spacial score (nSPS) is 19.5. The van der Waals surface area contributed by atoms with Crippen LogP contribution in [0.2, 0.25) is 0 Å². The summed E-state index contributed by atoms with van der Waals surface area (Å²) >= 11 is 0.788. The molecule has 47 heavy (non-hydrogen) atoms. The third-order valence-electron chi connectivity index (χ3n) is 6.07. The molecule has 6 aromatic rings. The third-order valence-corrected chi connectivity index (χ3v) is 7.43. The van der Waals surface area contributed by atoms with Crippen molar-refractivity contribution in [2.45, 2.75) is 49.1 Å². The number of methoxy groups -OCH3 is 3. The first-order valence-corrected chi connectivity index (χ1v) is 14.4. The number of nitrogens with one attached hydrogen (secondary N) is 2. The predicted molar refractivity (Wildman–Crippen MR) is 185 cm³/mol. The van der Waals surface area contributed by atoms with Crippen molar-refractivity contribution < 1.29 is 47.9 Å². The minimum Gasteiger partial charge on any atom is -0.497 e. The van der Waals surface area contributed by atoms with Crippen molar-refractivity contribution in [2.24, 2.45) is 0 Å². The number of aromatic nitrogens is 6. The molecule has 0 spiro atoms. The Balaban J connectivity index is 0.000000255. The second-order valence-corrected chi connectivity index (χ2v) is 10.5. The molecule has 244 valence electrons. The molecule has 0 atom stereocenters. The lowest BCUT2D eigenvalue weighted by molar-refractivity contribution is -0.386. The highest BCUT2D eigenvalue weighted by Crippen LogP contribution is 2.31. The second-order valence-electron chi connectivity index (χ2n) is 8.94. The minimum atomic E-state index is -3.30. The van der Waals surface area contributed by atoms with E-state index >= 15 is 0 Å². The Morgan fingerprint density at radius 2 is 1.38 bits per heavy atom. The van der Waals surface area contributed by atoms with E-state index in [1.807, 2.05) is 0 Å². The summed E-state index contributed by atoms with van der Waals surface area (Å²) in [5, 5.41) is 11.7. The van der Waals surface area contributed by atoms with Gasteiger partial charge in [0.15, 0.2) is 10.3 Å². The van der Waals surface area contributed by atoms with Crippen molar-refractivity contribution in [3.05, 3.63) is 92.5 Å². The number of ether oxygens (including phenoxy) is 3. The highest BCUT2D eigenvalue weighted by Gasteiger charge is 2.19. The van der Waals surface area contributed by atoms with Crippen LogP contribution in [0.4, 0.5) is 5.69 Å². The first kappa shape index (κ1) is 15.8. The number of pyridine rings is 2. The third kappa shape index (κ3) is 7.60. The fourth-order valence-corrected chi connectivity index (χ4v) is 5.11. The Morgan fingerprint density at radius 1 is 0.830 bits per heavy atom. The summed E-state index contributed by atoms with van der Waals surface area (Å²) in [6.07, 6.45) is -2.14. The summed E-state index contributed by atoms with van der Waals surface area (Å²) in [6.45, 7) is -12.9. The topological polar surface area (TPSA) is 154 Å². The molecule has 0 bridgehead atoms. The largest absolute Gasteiger partial charge is 0.497 e. The van der Waals surface area contributed by atoms with E-state index < -0.39 is 108 Å². The smallest absolute Gasteiger partial charge is 0.278 e. The number of benzene rings is 2. The van der Waals surface area contributed by atoms with Gasteiger partial charge in [-0.05, 0) is 51.7 Å². The van der Waals surface area contributed by atoms with E-state index in [1.165, 1.54) is 14.2 Å². The Hall–Kier alpha value is -4.82. The number of nitro groups is 1. The van der Waals surface area contributed by atoms with Gasteiger partial charge in [-0.2, -0.15) is 0 Å². The van der Waals surface area contributed by atoms with Crippen LogP contribution in [-0.2, 0) is 11.4 Å². The number of H-pyrrole nitrogens is 2. The van der Waals surface area contributed by atoms with Crippen molar-refractivity contribution in [2.75, 3.05) is 21.3 Å². The van der Waals surface area contributed by atoms with Gasteiger partial charge in [0.1, 0.15) is 17.2 Å². The number of hydrogen-bond acceptors (Lipinski definition) is 11. The highest BCUT2D eigenvalue weighted by molar-refractivity contribution is 7.98. The van der Waals surface area contributed by atoms with E-state index in [2.05, 4.69) is 29.9 Å². The van der Waals surface area contributed by atoms with E-state index in [1.54, 1.807) is 36.4 Å². The van der Waals surface area contributed by atoms with Crippen LogP contribution in [0.15, 0.2) is 59.1 Å². The second kappa shape index (κ2) is 14.7. The minimum absolute atomic E-state index is 0.00405. The fraction of sp³-hybridized carbons (Fsp3) is 0.273. The molecule has 0 unspecified atom stereocenters. The van der Waals surface area contributed by atoms with Gasteiger partial charge in [-0.3, -0.25) is 20.1 Å². The summed E-state index contributed by atoms with van der Waals surface area (Å²) in [5.74, 6) is -0.122. The average molecular weight is 695 g/mol. The molecule has 0 saturated carbocycles. The van der Waals surface area contributed by atoms with Gasteiger partial charge >= 0.3 is 0 Å². The molecule has 0 aliphatic heterocycles. The first-order chi connectivity index (χ1) is 30.9. The number of hydrogen-bond donors (Lipinski definition) is 2. The van der Waals surface area contributed by atoms with Crippen LogP contribution in [0.5, 0.6) is 17.2 Å². The molecule has 6 rings (SSSR count). The van der Waals surface area contributed by atoms with E-state index in [0.29, 0.717) is 57.1 Å². The first-order valence-electron chi connectivity index (χ1n) is 23.3. The molecule has 0 aliphatic rings. The number of aromatic amines is 2. The SMILES string of the molecule is [2H]c1nc(C([2H])([2H])Sc2nc3ccc(OC)cc3[nH]2)c(C([2H])([2H])[2H])c(OC([2H])([2H])[2H])c1C([2H])([2H])[2H].[2H]c1nc(C([2H])([2H])Sc2nc3ccc(OC)cc3[nH]2)c(C([2H])([2H])[2H])c([N+](=O)[O-])c1C([2H])([2H])[2H]. The standard InChI is InChI=1S/C17H19N3O2S.C16H16N4O3S/c1-10-8-18-15(11(2)16(10)22-4)9-23-17-19-13-6-5-12(21-3)7-14(13)20-17;1-9-7-17-14(10(2)15(9)20(21)22)8-24-16-18-12-5-4-11(23-3)6-13(12)19-16/h5-8H,9H2,1-4H3,(H,19,20);4-7H,8H2,1-3H3,(H,18,19)/i1D3,2D3,4D3,8D,9D2;1D3,2D3,7D,8D2. The molecule has 4 heterocycles. The van der Waals surface area contributed by atoms with Gasteiger partial charge in [0.25, 0.3) is 5.69 Å². The lowest BCUT2D eigenvalue weighted by atomic mass is 10.1. The van der Waals surface area contributed by atoms with Gasteiger partial charge in [-0.25, -0.2) is 9.97 Å². The number of thioether (sulfide) groups is 2. The Labute approximate surface area is 309 Å². The lowest BCUT2D eigenvalue weighted by Gasteiger charge is -2.11. The zero-order valence-corrected chi connectivity index (χ0v) is 25.7. The lowest BCUT2D eigenvalue weighted by Crippen LogP contribution is -2.01. The highest BCUT2D eigenvalue weighted by atomic mass is 32.2. The van der Waals surface area contributed by atoms with Crippen LogP contribution in [0.3, 0.4) is 0 Å². The van der Waals surface area contributed by atoms with Crippen LogP contribution in [-0.4, -0.2) is 56.1 Å². The molecule has 0 amide bonds. The summed E-state index contributed by atoms with van der Waals surface area (Å²) in [7, 11) is -0.362. The Bertz CT molecular complexity index is 2880. The summed E-state index contributed by atoms with van der Waals surface area (Å²) in [6, 6.07) is 9.71. The maximum Gasteiger partial charge on any atom is 0.278 e. The van der Waals surface area contributed by atoms with E-state index in [0.717, 1.165) is 0 Å². The maximum absolute atomic E-state index is 11.7. The average Bonchev–Trinajstić information content (AvgIpc) is 3.75. The number of imidazole rings is 2. The number of nitrogens with zero attached hydrogens (tertiary/aromatic N) is 5. The monoisotopic (exact) mass is 694 g/mol. The van der Waals surface area contributed by atoms with Crippen molar-refractivity contribution in [1.29, 1.82) is 0 Å². The molecule has 0 aliphatic carbocycles. The maximum atomic E-state index is 11.7. The van der Waals surface area contributed by atoms with Crippen LogP contribution in [0, 0.1) is 37.5 Å². The van der Waals surface area contributed by atoms with E-state index in [9.17, 15) is 10.1 Å². The molecule has 2 N–H and O–H groups in total. The van der Waals surface area contributed by atoms with Crippen molar-refractivity contribution in [3.8, 4) is 17.2 Å². The van der Waals surface area contributed by atoms with Gasteiger partial charge in [0.2, 0.25) is 0 Å². The number of fused-ring (bicyclic) bond motifs is 2. The molecule has 14 heteroatoms. The fourth-order valence-electron chi connectivity index (χ4n) is 3.82. The summed E-state index contributed by atoms with van der Waals surface area (Å²) in [5.41, 5.74) is -11.2. The summed E-state index contributed by atoms with van der Waals surface area (Å²) < 4.78 is 180. The van der Waals surface area contributed by atoms with E-state index in [-0.39, 0.29) is 10.3 Å². The zero-order valence-electron chi connectivity index (χ0n) is 45.1. The predicted octanol–water partition coefficient (Wildman–Crippen LogP) is 7.67. The Morgan fingerprint density at radius 3 is 1.87 bits per heavy atom. The quantitative estimate of drug-likeness (QED) is 0.0825. The van der Waals surface area contributed by atoms with Crippen LogP contribution in [0.25, 0.3) is 22.1 Å². The molecular weight excluding hydrogens is 639 g/mol. The summed E-state index contributed by atoms with van der Waals surface area (Å²) in [4.78, 5) is 31.9. The van der Waals surface area contributed by atoms with Gasteiger partial charge < -0.3 is 24.2 Å². The van der Waals surface area contributed by atoms with Crippen molar-refractivity contribution >= 4 is 51.3 Å². The van der Waals surface area contributed by atoms with Gasteiger partial charge in [0, 0.05) is 80.1 Å². The van der Waals surface area contributed by atoms with Gasteiger partial charge in [-0.15, -0.1) is 0 Å². The molecule has 0 fully saturated rings.